The lowest BCUT2D eigenvalue weighted by Gasteiger charge is -2.10. The molecular formula is C17H30N2O4S2. The summed E-state index contributed by atoms with van der Waals surface area (Å²) in [4.78, 5) is 0. The largest absolute Gasteiger partial charge is 0.215 e. The molecule has 6 nitrogen and oxygen atoms in total. The molecule has 0 aromatic heterocycles. The van der Waals surface area contributed by atoms with Crippen LogP contribution in [0.3, 0.4) is 0 Å². The van der Waals surface area contributed by atoms with Gasteiger partial charge in [0.25, 0.3) is 0 Å². The first-order valence-electron chi connectivity index (χ1n) is 8.59. The Morgan fingerprint density at radius 3 is 1.56 bits per heavy atom. The summed E-state index contributed by atoms with van der Waals surface area (Å²) >= 11 is 0. The second-order valence-electron chi connectivity index (χ2n) is 6.65. The molecule has 0 amide bonds. The van der Waals surface area contributed by atoms with Crippen LogP contribution in [-0.4, -0.2) is 40.4 Å². The van der Waals surface area contributed by atoms with E-state index in [1.807, 2.05) is 24.3 Å². The van der Waals surface area contributed by atoms with Crippen LogP contribution in [0, 0.1) is 0 Å². The maximum absolute atomic E-state index is 11.7. The molecule has 0 aliphatic carbocycles. The van der Waals surface area contributed by atoms with Gasteiger partial charge in [0.05, 0.1) is 10.5 Å². The van der Waals surface area contributed by atoms with E-state index in [-0.39, 0.29) is 0 Å². The zero-order valence-corrected chi connectivity index (χ0v) is 17.1. The summed E-state index contributed by atoms with van der Waals surface area (Å²) in [6.45, 7) is 7.43. The summed E-state index contributed by atoms with van der Waals surface area (Å²) in [5.74, 6) is 0. The molecule has 1 aromatic rings. The van der Waals surface area contributed by atoms with Crippen molar-refractivity contribution in [1.29, 1.82) is 0 Å². The minimum Gasteiger partial charge on any atom is -0.215 e. The van der Waals surface area contributed by atoms with Crippen molar-refractivity contribution >= 4 is 20.0 Å². The van der Waals surface area contributed by atoms with E-state index in [2.05, 4.69) is 9.44 Å². The summed E-state index contributed by atoms with van der Waals surface area (Å²) in [5, 5.41) is -0.845. The van der Waals surface area contributed by atoms with Crippen molar-refractivity contribution in [3.63, 3.8) is 0 Å². The third-order valence-corrected chi connectivity index (χ3v) is 7.62. The monoisotopic (exact) mass is 390 g/mol. The fourth-order valence-corrected chi connectivity index (χ4v) is 3.53. The van der Waals surface area contributed by atoms with Crippen LogP contribution in [0.5, 0.6) is 0 Å². The maximum Gasteiger partial charge on any atom is 0.213 e. The fourth-order valence-electron chi connectivity index (χ4n) is 2.05. The van der Waals surface area contributed by atoms with Crippen LogP contribution < -0.4 is 9.44 Å². The molecule has 0 aliphatic rings. The summed E-state index contributed by atoms with van der Waals surface area (Å²) in [6, 6.07) is 7.97. The van der Waals surface area contributed by atoms with E-state index in [9.17, 15) is 16.8 Å². The Morgan fingerprint density at radius 1 is 0.720 bits per heavy atom. The highest BCUT2D eigenvalue weighted by Gasteiger charge is 2.15. The molecule has 0 saturated carbocycles. The minimum atomic E-state index is -3.22. The van der Waals surface area contributed by atoms with Gasteiger partial charge in [-0.2, -0.15) is 0 Å². The van der Waals surface area contributed by atoms with Crippen molar-refractivity contribution < 1.29 is 16.8 Å². The average Bonchev–Trinajstić information content (AvgIpc) is 2.52. The molecule has 0 atom stereocenters. The molecule has 1 aromatic carbocycles. The van der Waals surface area contributed by atoms with E-state index in [4.69, 9.17) is 0 Å². The predicted molar refractivity (Wildman–Crippen MR) is 103 cm³/mol. The average molecular weight is 391 g/mol. The second-order valence-corrected chi connectivity index (χ2v) is 11.3. The summed E-state index contributed by atoms with van der Waals surface area (Å²) < 4.78 is 51.8. The van der Waals surface area contributed by atoms with Gasteiger partial charge in [0.15, 0.2) is 0 Å². The molecule has 2 N–H and O–H groups in total. The van der Waals surface area contributed by atoms with Crippen molar-refractivity contribution in [2.75, 3.05) is 13.1 Å². The van der Waals surface area contributed by atoms with Gasteiger partial charge in [0.1, 0.15) is 0 Å². The molecule has 1 rings (SSSR count). The smallest absolute Gasteiger partial charge is 0.213 e. The van der Waals surface area contributed by atoms with Gasteiger partial charge < -0.3 is 0 Å². The zero-order chi connectivity index (χ0) is 19.1. The molecule has 0 aliphatic heterocycles. The third-order valence-electron chi connectivity index (χ3n) is 3.93. The molecule has 0 spiro atoms. The van der Waals surface area contributed by atoms with Crippen molar-refractivity contribution in [2.45, 2.75) is 57.5 Å². The summed E-state index contributed by atoms with van der Waals surface area (Å²) in [5.41, 5.74) is 2.20. The number of hydrogen-bond acceptors (Lipinski definition) is 4. The van der Waals surface area contributed by atoms with Crippen molar-refractivity contribution in [3.05, 3.63) is 35.4 Å². The molecule has 25 heavy (non-hydrogen) atoms. The molecule has 0 radical (unpaired) electrons. The normalized spacial score (nSPS) is 12.9. The Kier molecular flexibility index (Phi) is 8.53. The molecule has 144 valence electrons. The number of sulfonamides is 2. The number of hydrogen-bond donors (Lipinski definition) is 2. The number of nitrogens with one attached hydrogen (secondary N) is 2. The van der Waals surface area contributed by atoms with Crippen LogP contribution in [-0.2, 0) is 32.9 Å². The quantitative estimate of drug-likeness (QED) is 0.564. The van der Waals surface area contributed by atoms with Crippen LogP contribution in [0.2, 0.25) is 0 Å². The second kappa shape index (κ2) is 9.66. The molecule has 0 saturated heterocycles. The highest BCUT2D eigenvalue weighted by molar-refractivity contribution is 7.90. The van der Waals surface area contributed by atoms with Crippen LogP contribution in [0.4, 0.5) is 0 Å². The van der Waals surface area contributed by atoms with E-state index in [1.54, 1.807) is 27.7 Å². The molecule has 0 bridgehead atoms. The Labute approximate surface area is 152 Å². The summed E-state index contributed by atoms with van der Waals surface area (Å²) in [7, 11) is -6.41. The van der Waals surface area contributed by atoms with Gasteiger partial charge in [0, 0.05) is 13.1 Å². The highest BCUT2D eigenvalue weighted by atomic mass is 32.2. The number of benzene rings is 1. The van der Waals surface area contributed by atoms with Crippen LogP contribution >= 0.6 is 0 Å². The first-order valence-corrected chi connectivity index (χ1v) is 11.7. The Balaban J connectivity index is 2.37. The van der Waals surface area contributed by atoms with Gasteiger partial charge in [-0.1, -0.05) is 24.3 Å². The lowest BCUT2D eigenvalue weighted by molar-refractivity contribution is 0.569. The van der Waals surface area contributed by atoms with E-state index in [1.165, 1.54) is 0 Å². The van der Waals surface area contributed by atoms with Gasteiger partial charge in [-0.25, -0.2) is 26.3 Å². The first kappa shape index (κ1) is 22.1. The van der Waals surface area contributed by atoms with Gasteiger partial charge >= 0.3 is 0 Å². The molecule has 8 heteroatoms. The standard InChI is InChI=1S/C17H30N2O4S2/c1-14(2)24(20,21)18-12-5-6-16-7-9-17(10-8-16)11-13-19-25(22,23)15(3)4/h7-10,14-15,18-19H,5-6,11-13H2,1-4H3. The molecule has 0 fully saturated rings. The van der Waals surface area contributed by atoms with Gasteiger partial charge in [-0.3, -0.25) is 0 Å². The van der Waals surface area contributed by atoms with Gasteiger partial charge in [0.2, 0.25) is 20.0 Å². The number of rotatable bonds is 11. The summed E-state index contributed by atoms with van der Waals surface area (Å²) in [6.07, 6.45) is 2.17. The predicted octanol–water partition coefficient (Wildman–Crippen LogP) is 1.82. The highest BCUT2D eigenvalue weighted by Crippen LogP contribution is 2.08. The van der Waals surface area contributed by atoms with Gasteiger partial charge in [-0.05, 0) is 58.1 Å². The molecule has 0 unspecified atom stereocenters. The van der Waals surface area contributed by atoms with E-state index >= 15 is 0 Å². The third kappa shape index (κ3) is 7.85. The van der Waals surface area contributed by atoms with Crippen LogP contribution in [0.25, 0.3) is 0 Å². The van der Waals surface area contributed by atoms with Gasteiger partial charge in [-0.15, -0.1) is 0 Å². The van der Waals surface area contributed by atoms with E-state index < -0.39 is 30.5 Å². The first-order chi connectivity index (χ1) is 11.5. The van der Waals surface area contributed by atoms with Crippen molar-refractivity contribution in [1.82, 2.24) is 9.44 Å². The Hall–Kier alpha value is -0.960. The van der Waals surface area contributed by atoms with Crippen molar-refractivity contribution in [3.8, 4) is 0 Å². The van der Waals surface area contributed by atoms with Crippen LogP contribution in [0.1, 0.15) is 45.2 Å². The fraction of sp³-hybridized carbons (Fsp3) is 0.647. The number of aryl methyl sites for hydroxylation is 1. The zero-order valence-electron chi connectivity index (χ0n) is 15.4. The lowest BCUT2D eigenvalue weighted by atomic mass is 10.1. The van der Waals surface area contributed by atoms with Crippen LogP contribution in [0.15, 0.2) is 24.3 Å². The Bertz CT molecular complexity index is 724. The lowest BCUT2D eigenvalue weighted by Crippen LogP contribution is -2.32. The SMILES string of the molecule is CC(C)S(=O)(=O)NCCCc1ccc(CCNS(=O)(=O)C(C)C)cc1. The molecule has 0 heterocycles. The maximum atomic E-state index is 11.7. The molecular weight excluding hydrogens is 360 g/mol. The van der Waals surface area contributed by atoms with Crippen molar-refractivity contribution in [2.24, 2.45) is 0 Å². The minimum absolute atomic E-state index is 0.386. The van der Waals surface area contributed by atoms with E-state index in [0.717, 1.165) is 24.0 Å². The van der Waals surface area contributed by atoms with E-state index in [0.29, 0.717) is 19.5 Å². The topological polar surface area (TPSA) is 92.3 Å². The Morgan fingerprint density at radius 2 is 1.12 bits per heavy atom.